The SMILES string of the molecule is CCC(C(=O)Nc1cc(C(F)(F)F)ccc1Cl)C(N)=S. The smallest absolute Gasteiger partial charge is 0.393 e. The number of hydrogen-bond donors (Lipinski definition) is 2. The monoisotopic (exact) mass is 324 g/mol. The quantitative estimate of drug-likeness (QED) is 0.832. The van der Waals surface area contributed by atoms with E-state index in [9.17, 15) is 18.0 Å². The topological polar surface area (TPSA) is 55.1 Å². The summed E-state index contributed by atoms with van der Waals surface area (Å²) in [5, 5.41) is 2.32. The zero-order valence-corrected chi connectivity index (χ0v) is 12.0. The van der Waals surface area contributed by atoms with Crippen molar-refractivity contribution in [1.29, 1.82) is 0 Å². The van der Waals surface area contributed by atoms with E-state index in [4.69, 9.17) is 29.6 Å². The number of carbonyl (C=O) groups excluding carboxylic acids is 1. The van der Waals surface area contributed by atoms with Gasteiger partial charge in [0.2, 0.25) is 5.91 Å². The maximum absolute atomic E-state index is 12.6. The molecule has 0 fully saturated rings. The zero-order chi connectivity index (χ0) is 15.5. The third-order valence-corrected chi connectivity index (χ3v) is 3.23. The molecule has 8 heteroatoms. The van der Waals surface area contributed by atoms with Crippen LogP contribution in [-0.2, 0) is 11.0 Å². The van der Waals surface area contributed by atoms with E-state index in [-0.39, 0.29) is 15.7 Å². The van der Waals surface area contributed by atoms with Gasteiger partial charge in [0.25, 0.3) is 0 Å². The van der Waals surface area contributed by atoms with E-state index < -0.39 is 23.6 Å². The summed E-state index contributed by atoms with van der Waals surface area (Å²) in [6.07, 6.45) is -4.17. The van der Waals surface area contributed by atoms with E-state index >= 15 is 0 Å². The third kappa shape index (κ3) is 4.08. The van der Waals surface area contributed by atoms with Crippen LogP contribution in [0.3, 0.4) is 0 Å². The lowest BCUT2D eigenvalue weighted by atomic mass is 10.1. The summed E-state index contributed by atoms with van der Waals surface area (Å²) in [4.78, 5) is 11.9. The van der Waals surface area contributed by atoms with E-state index in [0.29, 0.717) is 6.42 Å². The fourth-order valence-corrected chi connectivity index (χ4v) is 1.97. The highest BCUT2D eigenvalue weighted by Crippen LogP contribution is 2.34. The minimum absolute atomic E-state index is 0.00384. The lowest BCUT2D eigenvalue weighted by Crippen LogP contribution is -2.32. The lowest BCUT2D eigenvalue weighted by molar-refractivity contribution is -0.137. The number of carbonyl (C=O) groups is 1. The molecule has 20 heavy (non-hydrogen) atoms. The van der Waals surface area contributed by atoms with Crippen LogP contribution < -0.4 is 11.1 Å². The first-order valence-corrected chi connectivity index (χ1v) is 6.42. The van der Waals surface area contributed by atoms with Gasteiger partial charge in [0.1, 0.15) is 0 Å². The Labute approximate surface area is 124 Å². The molecule has 0 aliphatic heterocycles. The first kappa shape index (κ1) is 16.7. The van der Waals surface area contributed by atoms with Crippen LogP contribution in [0, 0.1) is 5.92 Å². The fraction of sp³-hybridized carbons (Fsp3) is 0.333. The number of anilines is 1. The molecule has 0 radical (unpaired) electrons. The first-order valence-electron chi connectivity index (χ1n) is 5.63. The van der Waals surface area contributed by atoms with E-state index in [1.165, 1.54) is 0 Å². The number of halogens is 4. The number of nitrogens with two attached hydrogens (primary N) is 1. The largest absolute Gasteiger partial charge is 0.416 e. The van der Waals surface area contributed by atoms with Crippen LogP contribution in [-0.4, -0.2) is 10.9 Å². The van der Waals surface area contributed by atoms with E-state index in [1.54, 1.807) is 6.92 Å². The summed E-state index contributed by atoms with van der Waals surface area (Å²) in [6, 6.07) is 2.68. The summed E-state index contributed by atoms with van der Waals surface area (Å²) in [5.74, 6) is -1.34. The predicted molar refractivity (Wildman–Crippen MR) is 75.7 cm³/mol. The van der Waals surface area contributed by atoms with Gasteiger partial charge in [-0.2, -0.15) is 13.2 Å². The van der Waals surface area contributed by atoms with Gasteiger partial charge in [0.15, 0.2) is 0 Å². The van der Waals surface area contributed by atoms with Crippen LogP contribution in [0.1, 0.15) is 18.9 Å². The van der Waals surface area contributed by atoms with Gasteiger partial charge in [-0.15, -0.1) is 0 Å². The Kier molecular flexibility index (Phi) is 5.35. The average Bonchev–Trinajstić information content (AvgIpc) is 2.30. The number of amides is 1. The summed E-state index contributed by atoms with van der Waals surface area (Å²) >= 11 is 10.5. The standard InChI is InChI=1S/C12H12ClF3N2OS/c1-2-7(10(17)20)11(19)18-9-5-6(12(14,15)16)3-4-8(9)13/h3-5,7H,2H2,1H3,(H2,17,20)(H,18,19). The van der Waals surface area contributed by atoms with Crippen LogP contribution in [0.15, 0.2) is 18.2 Å². The number of rotatable bonds is 4. The number of hydrogen-bond acceptors (Lipinski definition) is 2. The number of benzene rings is 1. The maximum atomic E-state index is 12.6. The molecule has 0 spiro atoms. The summed E-state index contributed by atoms with van der Waals surface area (Å²) in [6.45, 7) is 1.69. The molecule has 0 saturated carbocycles. The number of thiocarbonyl (C=S) groups is 1. The molecule has 110 valence electrons. The van der Waals surface area contributed by atoms with Gasteiger partial charge in [-0.1, -0.05) is 30.7 Å². The first-order chi connectivity index (χ1) is 9.16. The highest BCUT2D eigenvalue weighted by Gasteiger charge is 2.31. The molecule has 3 nitrogen and oxygen atoms in total. The predicted octanol–water partition coefficient (Wildman–Crippen LogP) is 3.61. The van der Waals surface area contributed by atoms with E-state index in [0.717, 1.165) is 18.2 Å². The Morgan fingerprint density at radius 3 is 2.55 bits per heavy atom. The Morgan fingerprint density at radius 1 is 1.50 bits per heavy atom. The normalized spacial score (nSPS) is 12.8. The molecule has 0 bridgehead atoms. The van der Waals surface area contributed by atoms with Crippen molar-refractivity contribution in [3.8, 4) is 0 Å². The van der Waals surface area contributed by atoms with Crippen LogP contribution >= 0.6 is 23.8 Å². The highest BCUT2D eigenvalue weighted by molar-refractivity contribution is 7.80. The van der Waals surface area contributed by atoms with Crippen molar-refractivity contribution in [2.75, 3.05) is 5.32 Å². The van der Waals surface area contributed by atoms with Gasteiger partial charge in [-0.05, 0) is 24.6 Å². The van der Waals surface area contributed by atoms with Crippen molar-refractivity contribution in [2.24, 2.45) is 11.7 Å². The van der Waals surface area contributed by atoms with Gasteiger partial charge in [0.05, 0.1) is 27.2 Å². The van der Waals surface area contributed by atoms with Gasteiger partial charge in [0, 0.05) is 0 Å². The van der Waals surface area contributed by atoms with E-state index in [2.05, 4.69) is 5.32 Å². The third-order valence-electron chi connectivity index (χ3n) is 2.62. The van der Waals surface area contributed by atoms with Crippen molar-refractivity contribution < 1.29 is 18.0 Å². The number of alkyl halides is 3. The Hall–Kier alpha value is -1.34. The molecule has 0 aliphatic rings. The van der Waals surface area contributed by atoms with Crippen LogP contribution in [0.5, 0.6) is 0 Å². The minimum atomic E-state index is -4.52. The van der Waals surface area contributed by atoms with Gasteiger partial charge in [-0.25, -0.2) is 0 Å². The van der Waals surface area contributed by atoms with Gasteiger partial charge >= 0.3 is 6.18 Å². The van der Waals surface area contributed by atoms with Crippen LogP contribution in [0.25, 0.3) is 0 Å². The maximum Gasteiger partial charge on any atom is 0.416 e. The Bertz CT molecular complexity index is 534. The summed E-state index contributed by atoms with van der Waals surface area (Å²) in [5.41, 5.74) is 4.37. The molecule has 0 aromatic heterocycles. The molecule has 1 atom stereocenters. The van der Waals surface area contributed by atoms with Crippen molar-refractivity contribution in [3.05, 3.63) is 28.8 Å². The Morgan fingerprint density at radius 2 is 2.10 bits per heavy atom. The molecule has 1 amide bonds. The molecular formula is C12H12ClF3N2OS. The molecule has 0 aliphatic carbocycles. The lowest BCUT2D eigenvalue weighted by Gasteiger charge is -2.15. The second-order valence-electron chi connectivity index (χ2n) is 4.04. The molecule has 3 N–H and O–H groups in total. The minimum Gasteiger partial charge on any atom is -0.393 e. The molecule has 1 rings (SSSR count). The van der Waals surface area contributed by atoms with Gasteiger partial charge in [-0.3, -0.25) is 4.79 Å². The van der Waals surface area contributed by atoms with Crippen molar-refractivity contribution in [1.82, 2.24) is 0 Å². The van der Waals surface area contributed by atoms with Crippen LogP contribution in [0.2, 0.25) is 5.02 Å². The van der Waals surface area contributed by atoms with E-state index in [1.807, 2.05) is 0 Å². The molecule has 1 unspecified atom stereocenters. The molecule has 1 aromatic rings. The Balaban J connectivity index is 3.03. The van der Waals surface area contributed by atoms with Crippen LogP contribution in [0.4, 0.5) is 18.9 Å². The van der Waals surface area contributed by atoms with Crippen molar-refractivity contribution in [3.63, 3.8) is 0 Å². The molecule has 1 aromatic carbocycles. The molecular weight excluding hydrogens is 313 g/mol. The van der Waals surface area contributed by atoms with Crippen molar-refractivity contribution >= 4 is 40.4 Å². The van der Waals surface area contributed by atoms with Gasteiger partial charge < -0.3 is 11.1 Å². The second-order valence-corrected chi connectivity index (χ2v) is 4.92. The molecule has 0 heterocycles. The highest BCUT2D eigenvalue weighted by atomic mass is 35.5. The zero-order valence-electron chi connectivity index (χ0n) is 10.4. The van der Waals surface area contributed by atoms with Crippen molar-refractivity contribution in [2.45, 2.75) is 19.5 Å². The summed E-state index contributed by atoms with van der Waals surface area (Å²) in [7, 11) is 0. The summed E-state index contributed by atoms with van der Waals surface area (Å²) < 4.78 is 37.8. The number of nitrogens with one attached hydrogen (secondary N) is 1. The fourth-order valence-electron chi connectivity index (χ4n) is 1.53. The average molecular weight is 325 g/mol. The molecule has 0 saturated heterocycles. The second kappa shape index (κ2) is 6.41.